The summed E-state index contributed by atoms with van der Waals surface area (Å²) in [7, 11) is 1.60. The molecule has 2 rings (SSSR count). The van der Waals surface area contributed by atoms with Gasteiger partial charge in [0, 0.05) is 12.7 Å². The number of benzene rings is 1. The van der Waals surface area contributed by atoms with Gasteiger partial charge in [-0.3, -0.25) is 0 Å². The summed E-state index contributed by atoms with van der Waals surface area (Å²) in [5, 5.41) is 10.1. The van der Waals surface area contributed by atoms with Crippen LogP contribution in [0.5, 0.6) is 5.75 Å². The van der Waals surface area contributed by atoms with E-state index in [1.165, 1.54) is 0 Å². The standard InChI is InChI=1S/C12H16O3/c1-12(2)11(13)10(14-3)8-6-4-5-7-9(8)15-12/h4-7,10-11,13H,1-3H3/t10-,11+/m1/s1. The Kier molecular flexibility index (Phi) is 2.44. The molecule has 1 N–H and O–H groups in total. The molecular formula is C12H16O3. The Morgan fingerprint density at radius 2 is 2.00 bits per heavy atom. The minimum Gasteiger partial charge on any atom is -0.485 e. The lowest BCUT2D eigenvalue weighted by molar-refractivity contribution is -0.124. The van der Waals surface area contributed by atoms with Crippen LogP contribution in [0.15, 0.2) is 24.3 Å². The number of fused-ring (bicyclic) bond motifs is 1. The van der Waals surface area contributed by atoms with E-state index in [-0.39, 0.29) is 6.10 Å². The van der Waals surface area contributed by atoms with Gasteiger partial charge in [0.25, 0.3) is 0 Å². The van der Waals surface area contributed by atoms with Crippen LogP contribution >= 0.6 is 0 Å². The van der Waals surface area contributed by atoms with E-state index in [2.05, 4.69) is 0 Å². The molecule has 0 amide bonds. The van der Waals surface area contributed by atoms with Gasteiger partial charge in [0.2, 0.25) is 0 Å². The molecule has 3 heteroatoms. The van der Waals surface area contributed by atoms with Crippen molar-refractivity contribution in [3.05, 3.63) is 29.8 Å². The van der Waals surface area contributed by atoms with Gasteiger partial charge in [0.15, 0.2) is 0 Å². The number of methoxy groups -OCH3 is 1. The van der Waals surface area contributed by atoms with Gasteiger partial charge in [-0.15, -0.1) is 0 Å². The zero-order chi connectivity index (χ0) is 11.1. The van der Waals surface area contributed by atoms with Gasteiger partial charge in [-0.1, -0.05) is 18.2 Å². The van der Waals surface area contributed by atoms with Crippen molar-refractivity contribution in [2.45, 2.75) is 31.7 Å². The molecule has 0 saturated carbocycles. The first-order chi connectivity index (χ1) is 7.06. The number of ether oxygens (including phenoxy) is 2. The highest BCUT2D eigenvalue weighted by atomic mass is 16.5. The van der Waals surface area contributed by atoms with Crippen LogP contribution in [-0.4, -0.2) is 23.9 Å². The van der Waals surface area contributed by atoms with E-state index in [0.717, 1.165) is 11.3 Å². The maximum Gasteiger partial charge on any atom is 0.132 e. The van der Waals surface area contributed by atoms with Gasteiger partial charge in [-0.25, -0.2) is 0 Å². The fourth-order valence-corrected chi connectivity index (χ4v) is 1.94. The lowest BCUT2D eigenvalue weighted by Gasteiger charge is -2.41. The van der Waals surface area contributed by atoms with Crippen LogP contribution in [0.2, 0.25) is 0 Å². The van der Waals surface area contributed by atoms with Crippen LogP contribution in [0.4, 0.5) is 0 Å². The fourth-order valence-electron chi connectivity index (χ4n) is 1.94. The number of hydrogen-bond acceptors (Lipinski definition) is 3. The Hall–Kier alpha value is -1.06. The van der Waals surface area contributed by atoms with E-state index < -0.39 is 11.7 Å². The van der Waals surface area contributed by atoms with Gasteiger partial charge in [-0.2, -0.15) is 0 Å². The highest BCUT2D eigenvalue weighted by Crippen LogP contribution is 2.40. The lowest BCUT2D eigenvalue weighted by atomic mass is 9.88. The van der Waals surface area contributed by atoms with Crippen molar-refractivity contribution < 1.29 is 14.6 Å². The van der Waals surface area contributed by atoms with Gasteiger partial charge in [-0.05, 0) is 19.9 Å². The first-order valence-corrected chi connectivity index (χ1v) is 5.05. The third-order valence-electron chi connectivity index (χ3n) is 2.85. The number of para-hydroxylation sites is 1. The van der Waals surface area contributed by atoms with Crippen molar-refractivity contribution in [3.8, 4) is 5.75 Å². The van der Waals surface area contributed by atoms with Crippen LogP contribution in [0.25, 0.3) is 0 Å². The molecule has 0 bridgehead atoms. The number of hydrogen-bond donors (Lipinski definition) is 1. The second-order valence-electron chi connectivity index (χ2n) is 4.34. The molecule has 15 heavy (non-hydrogen) atoms. The van der Waals surface area contributed by atoms with Crippen LogP contribution in [0.3, 0.4) is 0 Å². The minimum absolute atomic E-state index is 0.315. The average Bonchev–Trinajstić information content (AvgIpc) is 2.19. The first kappa shape index (κ1) is 10.5. The maximum atomic E-state index is 10.1. The Balaban J connectivity index is 2.48. The highest BCUT2D eigenvalue weighted by molar-refractivity contribution is 5.39. The van der Waals surface area contributed by atoms with Crippen LogP contribution in [-0.2, 0) is 4.74 Å². The molecule has 0 unspecified atom stereocenters. The molecule has 1 aromatic rings. The summed E-state index contributed by atoms with van der Waals surface area (Å²) in [6, 6.07) is 7.65. The van der Waals surface area contributed by atoms with Crippen molar-refractivity contribution in [1.29, 1.82) is 0 Å². The number of aliphatic hydroxyl groups excluding tert-OH is 1. The smallest absolute Gasteiger partial charge is 0.132 e. The molecule has 2 atom stereocenters. The first-order valence-electron chi connectivity index (χ1n) is 5.05. The number of rotatable bonds is 1. The molecule has 1 aromatic carbocycles. The predicted octanol–water partition coefficient (Wildman–Crippen LogP) is 1.91. The second kappa shape index (κ2) is 3.51. The molecule has 0 aromatic heterocycles. The van der Waals surface area contributed by atoms with Crippen molar-refractivity contribution in [1.82, 2.24) is 0 Å². The monoisotopic (exact) mass is 208 g/mol. The zero-order valence-electron chi connectivity index (χ0n) is 9.23. The molecule has 3 nitrogen and oxygen atoms in total. The summed E-state index contributed by atoms with van der Waals surface area (Å²) in [5.74, 6) is 0.791. The summed E-state index contributed by atoms with van der Waals surface area (Å²) >= 11 is 0. The number of aliphatic hydroxyl groups is 1. The molecule has 1 aliphatic heterocycles. The van der Waals surface area contributed by atoms with Crippen LogP contribution in [0, 0.1) is 0 Å². The molecule has 82 valence electrons. The summed E-state index contributed by atoms with van der Waals surface area (Å²) in [4.78, 5) is 0. The summed E-state index contributed by atoms with van der Waals surface area (Å²) in [6.07, 6.45) is -0.970. The van der Waals surface area contributed by atoms with E-state index in [9.17, 15) is 5.11 Å². The molecule has 1 aliphatic rings. The van der Waals surface area contributed by atoms with Crippen LogP contribution < -0.4 is 4.74 Å². The highest BCUT2D eigenvalue weighted by Gasteiger charge is 2.42. The Bertz CT molecular complexity index is 360. The zero-order valence-corrected chi connectivity index (χ0v) is 9.23. The summed E-state index contributed by atoms with van der Waals surface area (Å²) < 4.78 is 11.1. The Morgan fingerprint density at radius 1 is 1.33 bits per heavy atom. The van der Waals surface area contributed by atoms with Crippen molar-refractivity contribution >= 4 is 0 Å². The maximum absolute atomic E-state index is 10.1. The fraction of sp³-hybridized carbons (Fsp3) is 0.500. The molecule has 0 aliphatic carbocycles. The van der Waals surface area contributed by atoms with Gasteiger partial charge < -0.3 is 14.6 Å². The molecule has 0 fully saturated rings. The van der Waals surface area contributed by atoms with E-state index in [0.29, 0.717) is 0 Å². The molecule has 0 radical (unpaired) electrons. The van der Waals surface area contributed by atoms with E-state index in [4.69, 9.17) is 9.47 Å². The van der Waals surface area contributed by atoms with E-state index in [1.54, 1.807) is 7.11 Å². The van der Waals surface area contributed by atoms with Crippen molar-refractivity contribution in [2.75, 3.05) is 7.11 Å². The molecular weight excluding hydrogens is 192 g/mol. The minimum atomic E-state index is -0.655. The van der Waals surface area contributed by atoms with E-state index >= 15 is 0 Å². The van der Waals surface area contributed by atoms with Gasteiger partial charge >= 0.3 is 0 Å². The lowest BCUT2D eigenvalue weighted by Crippen LogP contribution is -2.49. The van der Waals surface area contributed by atoms with Crippen LogP contribution in [0.1, 0.15) is 25.5 Å². The Labute approximate surface area is 89.6 Å². The topological polar surface area (TPSA) is 38.7 Å². The molecule has 0 saturated heterocycles. The summed E-state index contributed by atoms with van der Waals surface area (Å²) in [5.41, 5.74) is 0.293. The molecule has 0 spiro atoms. The second-order valence-corrected chi connectivity index (χ2v) is 4.34. The Morgan fingerprint density at radius 3 is 2.67 bits per heavy atom. The van der Waals surface area contributed by atoms with E-state index in [1.807, 2.05) is 38.1 Å². The summed E-state index contributed by atoms with van der Waals surface area (Å²) in [6.45, 7) is 3.72. The van der Waals surface area contributed by atoms with Crippen molar-refractivity contribution in [3.63, 3.8) is 0 Å². The van der Waals surface area contributed by atoms with Gasteiger partial charge in [0.1, 0.15) is 23.6 Å². The average molecular weight is 208 g/mol. The van der Waals surface area contributed by atoms with Gasteiger partial charge in [0.05, 0.1) is 0 Å². The molecule has 1 heterocycles. The van der Waals surface area contributed by atoms with Crippen molar-refractivity contribution in [2.24, 2.45) is 0 Å². The SMILES string of the molecule is CO[C@@H]1c2ccccc2OC(C)(C)[C@H]1O. The normalized spacial score (nSPS) is 28.0. The largest absolute Gasteiger partial charge is 0.485 e. The third-order valence-corrected chi connectivity index (χ3v) is 2.85. The predicted molar refractivity (Wildman–Crippen MR) is 56.9 cm³/mol. The quantitative estimate of drug-likeness (QED) is 0.766. The third kappa shape index (κ3) is 1.62.